The van der Waals surface area contributed by atoms with Gasteiger partial charge in [-0.1, -0.05) is 36.4 Å². The van der Waals surface area contributed by atoms with Crippen molar-refractivity contribution in [3.05, 3.63) is 81.2 Å². The van der Waals surface area contributed by atoms with E-state index in [4.69, 9.17) is 0 Å². The molecule has 2 aromatic carbocycles. The zero-order valence-corrected chi connectivity index (χ0v) is 19.2. The van der Waals surface area contributed by atoms with Crippen molar-refractivity contribution in [3.8, 4) is 0 Å². The Morgan fingerprint density at radius 1 is 1.00 bits per heavy atom. The van der Waals surface area contributed by atoms with Crippen molar-refractivity contribution in [1.82, 2.24) is 5.01 Å². The molecule has 1 atom stereocenters. The van der Waals surface area contributed by atoms with Crippen LogP contribution in [0.2, 0.25) is 0 Å². The summed E-state index contributed by atoms with van der Waals surface area (Å²) in [6, 6.07) is 18.3. The average Bonchev–Trinajstić information content (AvgIpc) is 3.57. The summed E-state index contributed by atoms with van der Waals surface area (Å²) in [6.07, 6.45) is 0.606. The summed E-state index contributed by atoms with van der Waals surface area (Å²) in [5, 5.41) is 11.6. The number of hydrogen-bond acceptors (Lipinski definition) is 6. The average molecular weight is 480 g/mol. The number of thiophene rings is 2. The van der Waals surface area contributed by atoms with Crippen LogP contribution < -0.4 is 4.31 Å². The van der Waals surface area contributed by atoms with E-state index >= 15 is 0 Å². The summed E-state index contributed by atoms with van der Waals surface area (Å²) < 4.78 is 27.8. The summed E-state index contributed by atoms with van der Waals surface area (Å²) >= 11 is 3.16. The number of carbonyl (C=O) groups excluding carboxylic acids is 1. The molecule has 160 valence electrons. The van der Waals surface area contributed by atoms with Crippen molar-refractivity contribution < 1.29 is 13.2 Å². The van der Waals surface area contributed by atoms with Gasteiger partial charge in [0.2, 0.25) is 0 Å². The Hall–Kier alpha value is -3.01. The minimum atomic E-state index is -3.81. The van der Waals surface area contributed by atoms with Crippen LogP contribution in [-0.2, 0) is 14.8 Å². The van der Waals surface area contributed by atoms with Gasteiger partial charge < -0.3 is 0 Å². The molecule has 2 aliphatic rings. The summed E-state index contributed by atoms with van der Waals surface area (Å²) in [6.45, 7) is -0.292. The number of sulfonamides is 1. The molecule has 0 saturated heterocycles. The lowest BCUT2D eigenvalue weighted by atomic mass is 10.1. The predicted molar refractivity (Wildman–Crippen MR) is 128 cm³/mol. The van der Waals surface area contributed by atoms with Gasteiger partial charge in [-0.2, -0.15) is 5.10 Å². The standard InChI is InChI=1S/C23H17N3O3S3/c27-22(14-25-17-7-1-5-15-6-2-10-21(23(15)17)32(25,28)29)26-18(20-9-4-12-31-20)13-16(24-26)19-8-3-11-30-19/h1-12,18H,13-14H2/t18-/m1/s1. The maximum Gasteiger partial charge on any atom is 0.265 e. The Morgan fingerprint density at radius 3 is 2.53 bits per heavy atom. The number of rotatable bonds is 4. The van der Waals surface area contributed by atoms with E-state index in [1.807, 2.05) is 53.2 Å². The first-order chi connectivity index (χ1) is 15.5. The van der Waals surface area contributed by atoms with Gasteiger partial charge in [0, 0.05) is 16.7 Å². The van der Waals surface area contributed by atoms with Crippen LogP contribution in [0.5, 0.6) is 0 Å². The highest BCUT2D eigenvalue weighted by atomic mass is 32.2. The monoisotopic (exact) mass is 479 g/mol. The first-order valence-corrected chi connectivity index (χ1v) is 13.3. The SMILES string of the molecule is O=C(CN1c2cccc3cccc(c23)S1(=O)=O)N1N=C(c2cccs2)C[C@@H]1c1cccs1. The minimum Gasteiger partial charge on any atom is -0.271 e. The molecule has 6 nitrogen and oxygen atoms in total. The summed E-state index contributed by atoms with van der Waals surface area (Å²) in [5.41, 5.74) is 1.39. The molecular formula is C23H17N3O3S3. The molecule has 0 radical (unpaired) electrons. The molecule has 2 aromatic heterocycles. The molecule has 4 heterocycles. The zero-order chi connectivity index (χ0) is 21.9. The van der Waals surface area contributed by atoms with Gasteiger partial charge in [-0.25, -0.2) is 13.4 Å². The van der Waals surface area contributed by atoms with Gasteiger partial charge in [-0.15, -0.1) is 22.7 Å². The van der Waals surface area contributed by atoms with Crippen molar-refractivity contribution in [2.45, 2.75) is 17.4 Å². The lowest BCUT2D eigenvalue weighted by molar-refractivity contribution is -0.131. The lowest BCUT2D eigenvalue weighted by Gasteiger charge is -2.24. The smallest absolute Gasteiger partial charge is 0.265 e. The molecule has 0 aliphatic carbocycles. The van der Waals surface area contributed by atoms with Crippen molar-refractivity contribution in [2.24, 2.45) is 5.10 Å². The van der Waals surface area contributed by atoms with Gasteiger partial charge in [0.25, 0.3) is 15.9 Å². The van der Waals surface area contributed by atoms with Crippen LogP contribution in [0.3, 0.4) is 0 Å². The molecular weight excluding hydrogens is 462 g/mol. The maximum absolute atomic E-state index is 13.5. The van der Waals surface area contributed by atoms with Gasteiger partial charge in [0.15, 0.2) is 0 Å². The highest BCUT2D eigenvalue weighted by Gasteiger charge is 2.40. The summed E-state index contributed by atoms with van der Waals surface area (Å²) in [7, 11) is -3.81. The van der Waals surface area contributed by atoms with E-state index in [0.29, 0.717) is 17.5 Å². The van der Waals surface area contributed by atoms with Crippen LogP contribution in [0, 0.1) is 0 Å². The van der Waals surface area contributed by atoms with E-state index in [2.05, 4.69) is 5.10 Å². The van der Waals surface area contributed by atoms with E-state index in [9.17, 15) is 13.2 Å². The predicted octanol–water partition coefficient (Wildman–Crippen LogP) is 4.85. The van der Waals surface area contributed by atoms with Gasteiger partial charge >= 0.3 is 0 Å². The van der Waals surface area contributed by atoms with Crippen LogP contribution in [0.15, 0.2) is 81.4 Å². The zero-order valence-electron chi connectivity index (χ0n) is 16.7. The first-order valence-electron chi connectivity index (χ1n) is 10.1. The van der Waals surface area contributed by atoms with E-state index in [1.54, 1.807) is 40.9 Å². The molecule has 4 aromatic rings. The molecule has 0 N–H and O–H groups in total. The molecule has 0 bridgehead atoms. The highest BCUT2D eigenvalue weighted by molar-refractivity contribution is 7.93. The number of anilines is 1. The molecule has 0 unspecified atom stereocenters. The number of hydrogen-bond donors (Lipinski definition) is 0. The second-order valence-electron chi connectivity index (χ2n) is 7.64. The second-order valence-corrected chi connectivity index (χ2v) is 11.4. The maximum atomic E-state index is 13.5. The van der Waals surface area contributed by atoms with Crippen LogP contribution in [0.1, 0.15) is 22.2 Å². The van der Waals surface area contributed by atoms with Gasteiger partial charge in [0.05, 0.1) is 27.2 Å². The Labute approximate surface area is 193 Å². The molecule has 0 saturated carbocycles. The quantitative estimate of drug-likeness (QED) is 0.420. The van der Waals surface area contributed by atoms with Crippen LogP contribution in [-0.4, -0.2) is 31.6 Å². The minimum absolute atomic E-state index is 0.233. The number of carbonyl (C=O) groups is 1. The number of hydrazone groups is 1. The fourth-order valence-electron chi connectivity index (χ4n) is 4.36. The third-order valence-corrected chi connectivity index (χ3v) is 9.50. The van der Waals surface area contributed by atoms with E-state index in [1.165, 1.54) is 9.31 Å². The Balaban J connectivity index is 1.38. The largest absolute Gasteiger partial charge is 0.271 e. The van der Waals surface area contributed by atoms with Crippen molar-refractivity contribution in [3.63, 3.8) is 0 Å². The molecule has 0 fully saturated rings. The lowest BCUT2D eigenvalue weighted by Crippen LogP contribution is -2.39. The third-order valence-electron chi connectivity index (χ3n) is 5.80. The Kier molecular flexibility index (Phi) is 4.46. The molecule has 6 rings (SSSR count). The van der Waals surface area contributed by atoms with Crippen LogP contribution in [0.25, 0.3) is 10.8 Å². The third kappa shape index (κ3) is 2.92. The summed E-state index contributed by atoms with van der Waals surface area (Å²) in [4.78, 5) is 15.8. The number of amides is 1. The number of nitrogens with zero attached hydrogens (tertiary/aromatic N) is 3. The molecule has 9 heteroatoms. The summed E-state index contributed by atoms with van der Waals surface area (Å²) in [5.74, 6) is -0.344. The molecule has 32 heavy (non-hydrogen) atoms. The van der Waals surface area contributed by atoms with E-state index in [-0.39, 0.29) is 23.4 Å². The van der Waals surface area contributed by atoms with Crippen LogP contribution in [0.4, 0.5) is 5.69 Å². The highest BCUT2D eigenvalue weighted by Crippen LogP contribution is 2.42. The Morgan fingerprint density at radius 2 is 1.78 bits per heavy atom. The van der Waals surface area contributed by atoms with Crippen molar-refractivity contribution in [1.29, 1.82) is 0 Å². The van der Waals surface area contributed by atoms with Crippen LogP contribution >= 0.6 is 22.7 Å². The van der Waals surface area contributed by atoms with Crippen molar-refractivity contribution in [2.75, 3.05) is 10.8 Å². The van der Waals surface area contributed by atoms with Gasteiger partial charge in [-0.05, 0) is 40.4 Å². The second kappa shape index (κ2) is 7.26. The van der Waals surface area contributed by atoms with E-state index in [0.717, 1.165) is 20.9 Å². The van der Waals surface area contributed by atoms with Gasteiger partial charge in [0.1, 0.15) is 6.54 Å². The molecule has 0 spiro atoms. The topological polar surface area (TPSA) is 70.1 Å². The Bertz CT molecular complexity index is 1470. The molecule has 2 aliphatic heterocycles. The fourth-order valence-corrected chi connectivity index (χ4v) is 7.55. The number of benzene rings is 2. The van der Waals surface area contributed by atoms with Gasteiger partial charge in [-0.3, -0.25) is 9.10 Å². The first kappa shape index (κ1) is 19.7. The fraction of sp³-hybridized carbons (Fsp3) is 0.130. The molecule has 1 amide bonds. The van der Waals surface area contributed by atoms with E-state index < -0.39 is 10.0 Å². The van der Waals surface area contributed by atoms with Crippen molar-refractivity contribution >= 4 is 60.8 Å². The normalized spacial score (nSPS) is 19.0.